The molecule has 0 spiro atoms. The fourth-order valence-electron chi connectivity index (χ4n) is 3.33. The average Bonchev–Trinajstić information content (AvgIpc) is 2.69. The predicted octanol–water partition coefficient (Wildman–Crippen LogP) is 2.66. The highest BCUT2D eigenvalue weighted by Gasteiger charge is 2.28. The van der Waals surface area contributed by atoms with Crippen LogP contribution < -0.4 is 9.84 Å². The Morgan fingerprint density at radius 2 is 1.93 bits per heavy atom. The van der Waals surface area contributed by atoms with E-state index in [0.29, 0.717) is 19.6 Å². The quantitative estimate of drug-likeness (QED) is 0.798. The Morgan fingerprint density at radius 3 is 2.59 bits per heavy atom. The zero-order valence-corrected chi connectivity index (χ0v) is 15.2. The van der Waals surface area contributed by atoms with E-state index in [0.717, 1.165) is 22.6 Å². The van der Waals surface area contributed by atoms with Crippen molar-refractivity contribution in [1.29, 1.82) is 0 Å². The molecule has 1 aliphatic heterocycles. The maximum atomic E-state index is 10.9. The van der Waals surface area contributed by atoms with Crippen molar-refractivity contribution in [3.05, 3.63) is 71.8 Å². The van der Waals surface area contributed by atoms with Gasteiger partial charge in [0.1, 0.15) is 11.8 Å². The number of hydrogen-bond donors (Lipinski definition) is 1. The van der Waals surface area contributed by atoms with Gasteiger partial charge in [0, 0.05) is 19.0 Å². The number of aliphatic hydroxyl groups is 1. The molecule has 27 heavy (non-hydrogen) atoms. The first kappa shape index (κ1) is 19.0. The zero-order valence-electron chi connectivity index (χ0n) is 15.2. The molecule has 0 radical (unpaired) electrons. The first-order valence-electron chi connectivity index (χ1n) is 9.22. The number of ether oxygens (including phenoxy) is 1. The number of hydrogen-bond acceptors (Lipinski definition) is 4. The van der Waals surface area contributed by atoms with Crippen molar-refractivity contribution in [2.45, 2.75) is 24.9 Å². The molecule has 2 atom stereocenters. The SMILES string of the molecule is O=C([O-])N1CCC(c2ccc(OCC/C=C/c3ccccc3)cc2)C(O)C1. The Hall–Kier alpha value is -2.79. The number of nitrogens with zero attached hydrogens (tertiary/aromatic N) is 1. The molecule has 0 aromatic heterocycles. The summed E-state index contributed by atoms with van der Waals surface area (Å²) in [5.41, 5.74) is 2.17. The second kappa shape index (κ2) is 9.24. The topological polar surface area (TPSA) is 72.8 Å². The molecular formula is C22H24NO4-. The van der Waals surface area contributed by atoms with Crippen LogP contribution in [0.5, 0.6) is 5.75 Å². The molecule has 1 amide bonds. The minimum Gasteiger partial charge on any atom is -0.530 e. The van der Waals surface area contributed by atoms with Crippen LogP contribution >= 0.6 is 0 Å². The zero-order chi connectivity index (χ0) is 19.1. The third kappa shape index (κ3) is 5.34. The number of β-amino-alcohol motifs (C(OH)–C–C–N with tert-alkyl or cyclic N) is 1. The molecule has 5 heteroatoms. The van der Waals surface area contributed by atoms with E-state index >= 15 is 0 Å². The summed E-state index contributed by atoms with van der Waals surface area (Å²) >= 11 is 0. The van der Waals surface area contributed by atoms with Crippen molar-refractivity contribution < 1.29 is 19.7 Å². The Labute approximate surface area is 159 Å². The lowest BCUT2D eigenvalue weighted by atomic mass is 9.87. The standard InChI is InChI=1S/C22H25NO4/c24-21-16-23(22(25)26)14-13-20(21)18-9-11-19(12-10-18)27-15-5-4-8-17-6-2-1-3-7-17/h1-4,6-12,20-21,24H,5,13-16H2,(H,25,26)/p-1/b8-4+. The minimum atomic E-state index is -1.22. The van der Waals surface area contributed by atoms with Gasteiger partial charge in [0.2, 0.25) is 0 Å². The summed E-state index contributed by atoms with van der Waals surface area (Å²) in [6, 6.07) is 17.8. The van der Waals surface area contributed by atoms with Crippen LogP contribution in [0.3, 0.4) is 0 Å². The molecule has 3 rings (SSSR count). The maximum Gasteiger partial charge on any atom is 0.137 e. The molecule has 1 saturated heterocycles. The number of rotatable bonds is 6. The highest BCUT2D eigenvalue weighted by molar-refractivity contribution is 5.62. The van der Waals surface area contributed by atoms with Crippen LogP contribution in [0.15, 0.2) is 60.7 Å². The summed E-state index contributed by atoms with van der Waals surface area (Å²) < 4.78 is 5.75. The van der Waals surface area contributed by atoms with Crippen LogP contribution in [0.2, 0.25) is 0 Å². The minimum absolute atomic E-state index is 0.0662. The second-order valence-corrected chi connectivity index (χ2v) is 6.69. The summed E-state index contributed by atoms with van der Waals surface area (Å²) in [6.07, 6.45) is 3.62. The molecule has 1 N–H and O–H groups in total. The molecule has 0 saturated carbocycles. The van der Waals surface area contributed by atoms with Crippen LogP contribution in [0, 0.1) is 0 Å². The van der Waals surface area contributed by atoms with E-state index in [1.165, 1.54) is 5.56 Å². The first-order chi connectivity index (χ1) is 13.1. The van der Waals surface area contributed by atoms with Crippen LogP contribution in [0.4, 0.5) is 4.79 Å². The van der Waals surface area contributed by atoms with Crippen molar-refractivity contribution in [3.8, 4) is 5.75 Å². The fourth-order valence-corrected chi connectivity index (χ4v) is 3.33. The molecule has 142 valence electrons. The van der Waals surface area contributed by atoms with Gasteiger partial charge in [-0.25, -0.2) is 0 Å². The lowest BCUT2D eigenvalue weighted by molar-refractivity contribution is -0.268. The highest BCUT2D eigenvalue weighted by Crippen LogP contribution is 2.29. The molecule has 2 unspecified atom stereocenters. The van der Waals surface area contributed by atoms with Crippen molar-refractivity contribution in [2.24, 2.45) is 0 Å². The van der Waals surface area contributed by atoms with E-state index in [2.05, 4.69) is 24.3 Å². The van der Waals surface area contributed by atoms with E-state index < -0.39 is 12.2 Å². The molecule has 1 heterocycles. The third-order valence-corrected chi connectivity index (χ3v) is 4.81. The maximum absolute atomic E-state index is 10.9. The van der Waals surface area contributed by atoms with E-state index in [-0.39, 0.29) is 12.5 Å². The number of carbonyl (C=O) groups excluding carboxylic acids is 1. The lowest BCUT2D eigenvalue weighted by Crippen LogP contribution is -2.50. The summed E-state index contributed by atoms with van der Waals surface area (Å²) in [5, 5.41) is 21.1. The summed E-state index contributed by atoms with van der Waals surface area (Å²) in [5.74, 6) is 0.719. The number of amides is 1. The molecule has 2 aromatic carbocycles. The van der Waals surface area contributed by atoms with Gasteiger partial charge in [0.05, 0.1) is 12.7 Å². The molecular weight excluding hydrogens is 342 g/mol. The van der Waals surface area contributed by atoms with Crippen molar-refractivity contribution >= 4 is 12.2 Å². The highest BCUT2D eigenvalue weighted by atomic mass is 16.5. The fraction of sp³-hybridized carbons (Fsp3) is 0.318. The van der Waals surface area contributed by atoms with Gasteiger partial charge in [-0.15, -0.1) is 0 Å². The van der Waals surface area contributed by atoms with Gasteiger partial charge in [-0.05, 0) is 36.1 Å². The molecule has 0 bridgehead atoms. The Morgan fingerprint density at radius 1 is 1.19 bits per heavy atom. The summed E-state index contributed by atoms with van der Waals surface area (Å²) in [6.45, 7) is 1.07. The van der Waals surface area contributed by atoms with Crippen LogP contribution in [0.25, 0.3) is 6.08 Å². The monoisotopic (exact) mass is 366 g/mol. The van der Waals surface area contributed by atoms with Crippen molar-refractivity contribution in [2.75, 3.05) is 19.7 Å². The smallest absolute Gasteiger partial charge is 0.137 e. The number of carbonyl (C=O) groups is 1. The van der Waals surface area contributed by atoms with E-state index in [4.69, 9.17) is 4.74 Å². The van der Waals surface area contributed by atoms with E-state index in [1.54, 1.807) is 0 Å². The summed E-state index contributed by atoms with van der Waals surface area (Å²) in [7, 11) is 0. The number of aliphatic hydroxyl groups excluding tert-OH is 1. The number of piperidine rings is 1. The van der Waals surface area contributed by atoms with Crippen LogP contribution in [0.1, 0.15) is 29.9 Å². The predicted molar refractivity (Wildman–Crippen MR) is 102 cm³/mol. The van der Waals surface area contributed by atoms with Crippen LogP contribution in [-0.4, -0.2) is 41.9 Å². The average molecular weight is 366 g/mol. The molecule has 5 nitrogen and oxygen atoms in total. The molecule has 1 fully saturated rings. The Kier molecular flexibility index (Phi) is 6.49. The Bertz CT molecular complexity index is 758. The molecule has 0 aliphatic carbocycles. The van der Waals surface area contributed by atoms with E-state index in [9.17, 15) is 15.0 Å². The number of carboxylic acid groups (broad SMARTS) is 1. The normalized spacial score (nSPS) is 20.0. The van der Waals surface area contributed by atoms with Gasteiger partial charge < -0.3 is 24.6 Å². The second-order valence-electron chi connectivity index (χ2n) is 6.69. The van der Waals surface area contributed by atoms with Gasteiger partial charge in [-0.2, -0.15) is 0 Å². The van der Waals surface area contributed by atoms with Gasteiger partial charge in [0.25, 0.3) is 0 Å². The van der Waals surface area contributed by atoms with Crippen molar-refractivity contribution in [3.63, 3.8) is 0 Å². The van der Waals surface area contributed by atoms with Crippen molar-refractivity contribution in [1.82, 2.24) is 4.90 Å². The first-order valence-corrected chi connectivity index (χ1v) is 9.22. The molecule has 1 aliphatic rings. The van der Waals surface area contributed by atoms with Gasteiger partial charge in [0.15, 0.2) is 0 Å². The third-order valence-electron chi connectivity index (χ3n) is 4.81. The van der Waals surface area contributed by atoms with Gasteiger partial charge >= 0.3 is 0 Å². The lowest BCUT2D eigenvalue weighted by Gasteiger charge is -2.37. The molecule has 2 aromatic rings. The van der Waals surface area contributed by atoms with Crippen LogP contribution in [-0.2, 0) is 0 Å². The summed E-state index contributed by atoms with van der Waals surface area (Å²) in [4.78, 5) is 12.1. The largest absolute Gasteiger partial charge is 0.530 e. The Balaban J connectivity index is 1.46. The van der Waals surface area contributed by atoms with E-state index in [1.807, 2.05) is 42.5 Å². The van der Waals surface area contributed by atoms with Gasteiger partial charge in [-0.1, -0.05) is 54.6 Å². The van der Waals surface area contributed by atoms with Gasteiger partial charge in [-0.3, -0.25) is 0 Å². The number of benzene rings is 2. The number of likely N-dealkylation sites (tertiary alicyclic amines) is 1.